The van der Waals surface area contributed by atoms with E-state index in [1.165, 1.54) is 5.54 Å². The lowest BCUT2D eigenvalue weighted by atomic mass is 10.2. The second-order valence-corrected chi connectivity index (χ2v) is 4.52. The Labute approximate surface area is 122 Å². The van der Waals surface area contributed by atoms with Crippen molar-refractivity contribution in [2.45, 2.75) is 6.42 Å². The average Bonchev–Trinajstić information content (AvgIpc) is 2.45. The summed E-state index contributed by atoms with van der Waals surface area (Å²) in [6.07, 6.45) is 0.550. The van der Waals surface area contributed by atoms with Crippen molar-refractivity contribution in [3.63, 3.8) is 0 Å². The number of hydrogen-bond acceptors (Lipinski definition) is 3. The molecular formula is C13H16Cl2N2O2. The summed E-state index contributed by atoms with van der Waals surface area (Å²) < 4.78 is 0. The largest absolute Gasteiger partial charge is 0.396 e. The number of nitrogens with one attached hydrogen (secondary N) is 2. The fourth-order valence-corrected chi connectivity index (χ4v) is 1.49. The second kappa shape index (κ2) is 8.80. The lowest BCUT2D eigenvalue weighted by Gasteiger charge is -2.07. The van der Waals surface area contributed by atoms with Crippen molar-refractivity contribution in [3.8, 4) is 0 Å². The van der Waals surface area contributed by atoms with Crippen LogP contribution in [0.3, 0.4) is 0 Å². The minimum Gasteiger partial charge on any atom is -0.396 e. The predicted molar refractivity (Wildman–Crippen MR) is 78.8 cm³/mol. The Hall–Kier alpha value is -1.23. The first-order valence-electron chi connectivity index (χ1n) is 5.85. The summed E-state index contributed by atoms with van der Waals surface area (Å²) in [5, 5.41) is 14.9. The lowest BCUT2D eigenvalue weighted by molar-refractivity contribution is 0.0951. The first-order valence-corrected chi connectivity index (χ1v) is 6.66. The normalized spacial score (nSPS) is 11.2. The van der Waals surface area contributed by atoms with E-state index in [-0.39, 0.29) is 12.5 Å². The fraction of sp³-hybridized carbons (Fsp3) is 0.308. The maximum atomic E-state index is 11.7. The van der Waals surface area contributed by atoms with Gasteiger partial charge in [-0.2, -0.15) is 0 Å². The summed E-state index contributed by atoms with van der Waals surface area (Å²) in [6.45, 7) is 0.969. The van der Waals surface area contributed by atoms with Gasteiger partial charge in [-0.25, -0.2) is 0 Å². The monoisotopic (exact) mass is 302 g/mol. The minimum absolute atomic E-state index is 0.0674. The Bertz CT molecular complexity index is 433. The van der Waals surface area contributed by atoms with Gasteiger partial charge < -0.3 is 15.7 Å². The third-order valence-corrected chi connectivity index (χ3v) is 2.97. The number of benzene rings is 1. The summed E-state index contributed by atoms with van der Waals surface area (Å²) in [5.41, 5.74) is 2.73. The van der Waals surface area contributed by atoms with Crippen LogP contribution in [0.15, 0.2) is 34.8 Å². The molecule has 0 saturated carbocycles. The van der Waals surface area contributed by atoms with E-state index in [2.05, 4.69) is 10.6 Å². The topological polar surface area (TPSA) is 61.4 Å². The molecule has 1 aromatic rings. The molecule has 0 radical (unpaired) electrons. The molecule has 4 nitrogen and oxygen atoms in total. The first kappa shape index (κ1) is 15.8. The molecule has 0 fully saturated rings. The van der Waals surface area contributed by atoms with Crippen molar-refractivity contribution >= 4 is 34.8 Å². The molecule has 104 valence electrons. The van der Waals surface area contributed by atoms with Crippen molar-refractivity contribution in [2.75, 3.05) is 25.0 Å². The van der Waals surface area contributed by atoms with Crippen LogP contribution in [0.1, 0.15) is 16.8 Å². The Morgan fingerprint density at radius 1 is 1.32 bits per heavy atom. The number of amides is 1. The van der Waals surface area contributed by atoms with Crippen LogP contribution in [-0.4, -0.2) is 30.7 Å². The van der Waals surface area contributed by atoms with Gasteiger partial charge in [0.1, 0.15) is 0 Å². The zero-order valence-corrected chi connectivity index (χ0v) is 11.8. The number of halogens is 2. The average molecular weight is 303 g/mol. The quantitative estimate of drug-likeness (QED) is 0.678. The molecule has 0 aromatic heterocycles. The number of rotatable bonds is 7. The molecule has 0 unspecified atom stereocenters. The molecule has 0 heterocycles. The third-order valence-electron chi connectivity index (χ3n) is 2.35. The van der Waals surface area contributed by atoms with Gasteiger partial charge in [0.15, 0.2) is 0 Å². The fourth-order valence-electron chi connectivity index (χ4n) is 1.35. The standard InChI is InChI=1S/C13H16Cl2N2O2/c14-8-11(15)9-17-12-4-2-10(3-5-12)13(19)16-6-1-7-18/h2-5,8,17-18H,1,6-7,9H2,(H,16,19)/b11-8-. The lowest BCUT2D eigenvalue weighted by Crippen LogP contribution is -2.24. The second-order valence-electron chi connectivity index (χ2n) is 3.82. The van der Waals surface area contributed by atoms with Crippen LogP contribution < -0.4 is 10.6 Å². The Balaban J connectivity index is 2.49. The first-order chi connectivity index (χ1) is 9.17. The number of carbonyl (C=O) groups excluding carboxylic acids is 1. The summed E-state index contributed by atoms with van der Waals surface area (Å²) >= 11 is 11.2. The van der Waals surface area contributed by atoms with Gasteiger partial charge in [0, 0.05) is 35.0 Å². The highest BCUT2D eigenvalue weighted by Crippen LogP contribution is 2.11. The Kier molecular flexibility index (Phi) is 7.33. The van der Waals surface area contributed by atoms with Gasteiger partial charge in [-0.05, 0) is 30.7 Å². The zero-order valence-electron chi connectivity index (χ0n) is 10.3. The van der Waals surface area contributed by atoms with Gasteiger partial charge in [0.05, 0.1) is 6.54 Å². The molecule has 0 spiro atoms. The molecule has 0 aliphatic carbocycles. The van der Waals surface area contributed by atoms with Crippen molar-refractivity contribution in [2.24, 2.45) is 0 Å². The molecule has 1 aromatic carbocycles. The number of hydrogen-bond donors (Lipinski definition) is 3. The number of aliphatic hydroxyl groups is 1. The molecule has 6 heteroatoms. The van der Waals surface area contributed by atoms with Gasteiger partial charge in [0.25, 0.3) is 5.91 Å². The van der Waals surface area contributed by atoms with Crippen molar-refractivity contribution in [3.05, 3.63) is 40.4 Å². The van der Waals surface area contributed by atoms with Gasteiger partial charge in [0.2, 0.25) is 0 Å². The van der Waals surface area contributed by atoms with E-state index in [9.17, 15) is 4.79 Å². The maximum absolute atomic E-state index is 11.7. The summed E-state index contributed by atoms with van der Waals surface area (Å²) in [4.78, 5) is 11.7. The van der Waals surface area contributed by atoms with Crippen LogP contribution in [0.2, 0.25) is 0 Å². The van der Waals surface area contributed by atoms with Gasteiger partial charge in [-0.1, -0.05) is 23.2 Å². The molecule has 0 atom stereocenters. The van der Waals surface area contributed by atoms with Crippen LogP contribution >= 0.6 is 23.2 Å². The van der Waals surface area contributed by atoms with Crippen LogP contribution in [-0.2, 0) is 0 Å². The van der Waals surface area contributed by atoms with E-state index in [4.69, 9.17) is 28.3 Å². The van der Waals surface area contributed by atoms with E-state index >= 15 is 0 Å². The Morgan fingerprint density at radius 3 is 2.58 bits per heavy atom. The van der Waals surface area contributed by atoms with E-state index < -0.39 is 0 Å². The molecule has 1 amide bonds. The molecule has 3 N–H and O–H groups in total. The van der Waals surface area contributed by atoms with Crippen molar-refractivity contribution in [1.29, 1.82) is 0 Å². The van der Waals surface area contributed by atoms with E-state index in [1.54, 1.807) is 24.3 Å². The SMILES string of the molecule is O=C(NCCCO)c1ccc(NC/C(Cl)=C/Cl)cc1. The van der Waals surface area contributed by atoms with Crippen LogP contribution in [0.5, 0.6) is 0 Å². The molecule has 0 aliphatic rings. The molecule has 0 bridgehead atoms. The highest BCUT2D eigenvalue weighted by Gasteiger charge is 2.04. The summed E-state index contributed by atoms with van der Waals surface area (Å²) in [6, 6.07) is 7.02. The summed E-state index contributed by atoms with van der Waals surface area (Å²) in [5.74, 6) is -0.154. The molecule has 0 saturated heterocycles. The van der Waals surface area contributed by atoms with Crippen LogP contribution in [0, 0.1) is 0 Å². The number of carbonyl (C=O) groups is 1. The molecule has 19 heavy (non-hydrogen) atoms. The maximum Gasteiger partial charge on any atom is 0.251 e. The molecule has 1 rings (SSSR count). The molecule has 0 aliphatic heterocycles. The zero-order chi connectivity index (χ0) is 14.1. The number of anilines is 1. The van der Waals surface area contributed by atoms with Crippen molar-refractivity contribution < 1.29 is 9.90 Å². The van der Waals surface area contributed by atoms with Gasteiger partial charge in [-0.15, -0.1) is 0 Å². The smallest absolute Gasteiger partial charge is 0.251 e. The number of aliphatic hydroxyl groups excluding tert-OH is 1. The van der Waals surface area contributed by atoms with Crippen LogP contribution in [0.4, 0.5) is 5.69 Å². The van der Waals surface area contributed by atoms with Crippen molar-refractivity contribution in [1.82, 2.24) is 5.32 Å². The molecular weight excluding hydrogens is 287 g/mol. The van der Waals surface area contributed by atoms with Gasteiger partial charge in [-0.3, -0.25) is 4.79 Å². The van der Waals surface area contributed by atoms with E-state index in [0.717, 1.165) is 5.69 Å². The summed E-state index contributed by atoms with van der Waals surface area (Å²) in [7, 11) is 0. The predicted octanol–water partition coefficient (Wildman–Crippen LogP) is 2.53. The van der Waals surface area contributed by atoms with Crippen LogP contribution in [0.25, 0.3) is 0 Å². The minimum atomic E-state index is -0.154. The third kappa shape index (κ3) is 5.96. The highest BCUT2D eigenvalue weighted by molar-refractivity contribution is 6.36. The highest BCUT2D eigenvalue weighted by atomic mass is 35.5. The Morgan fingerprint density at radius 2 is 2.00 bits per heavy atom. The van der Waals surface area contributed by atoms with E-state index in [0.29, 0.717) is 30.1 Å². The van der Waals surface area contributed by atoms with Gasteiger partial charge >= 0.3 is 0 Å². The van der Waals surface area contributed by atoms with E-state index in [1.807, 2.05) is 0 Å².